The zero-order chi connectivity index (χ0) is 20.4. The molecule has 1 aliphatic heterocycles. The summed E-state index contributed by atoms with van der Waals surface area (Å²) in [5.74, 6) is 0.730. The number of quaternary nitrogens is 1. The molecule has 29 heavy (non-hydrogen) atoms. The quantitative estimate of drug-likeness (QED) is 0.674. The number of thiophene rings is 1. The van der Waals surface area contributed by atoms with Crippen molar-refractivity contribution in [1.29, 1.82) is 0 Å². The van der Waals surface area contributed by atoms with Crippen molar-refractivity contribution in [2.45, 2.75) is 45.2 Å². The molecule has 0 bridgehead atoms. The van der Waals surface area contributed by atoms with Gasteiger partial charge in [-0.25, -0.2) is 9.07 Å². The van der Waals surface area contributed by atoms with Crippen LogP contribution in [0, 0.1) is 5.82 Å². The molecule has 0 saturated carbocycles. The van der Waals surface area contributed by atoms with Crippen LogP contribution in [0.5, 0.6) is 0 Å². The lowest BCUT2D eigenvalue weighted by molar-refractivity contribution is -0.921. The Labute approximate surface area is 174 Å². The molecule has 0 fully saturated rings. The second-order valence-corrected chi connectivity index (χ2v) is 9.14. The summed E-state index contributed by atoms with van der Waals surface area (Å²) in [4.78, 5) is 2.71. The van der Waals surface area contributed by atoms with E-state index in [0.717, 1.165) is 37.3 Å². The van der Waals surface area contributed by atoms with Gasteiger partial charge in [-0.15, -0.1) is 16.4 Å². The highest BCUT2D eigenvalue weighted by Crippen LogP contribution is 2.28. The molecule has 0 saturated heterocycles. The summed E-state index contributed by atoms with van der Waals surface area (Å²) in [6.45, 7) is 8.38. The van der Waals surface area contributed by atoms with Gasteiger partial charge in [0, 0.05) is 6.42 Å². The molecule has 3 aromatic rings. The Bertz CT molecular complexity index is 975. The number of hydrogen-bond acceptors (Lipinski definition) is 4. The summed E-state index contributed by atoms with van der Waals surface area (Å²) in [6.07, 6.45) is 4.18. The molecule has 0 amide bonds. The summed E-state index contributed by atoms with van der Waals surface area (Å²) in [7, 11) is 0. The molecular weight excluding hydrogens is 385 g/mol. The molecule has 2 atom stereocenters. The minimum absolute atomic E-state index is 0.0989. The van der Waals surface area contributed by atoms with Gasteiger partial charge in [-0.05, 0) is 71.5 Å². The van der Waals surface area contributed by atoms with E-state index in [1.165, 1.54) is 27.5 Å². The number of rotatable bonds is 6. The van der Waals surface area contributed by atoms with Crippen LogP contribution in [0.2, 0.25) is 0 Å². The average Bonchev–Trinajstić information content (AvgIpc) is 3.43. The van der Waals surface area contributed by atoms with Crippen LogP contribution in [0.25, 0.3) is 5.57 Å². The number of hydrogen-bond donors (Lipinski definition) is 1. The minimum atomic E-state index is -0.194. The van der Waals surface area contributed by atoms with Crippen molar-refractivity contribution in [2.75, 3.05) is 13.1 Å². The largest absolute Gasteiger partial charge is 0.318 e. The van der Waals surface area contributed by atoms with Crippen molar-refractivity contribution >= 4 is 16.9 Å². The molecular formula is C22H27FN5S+. The number of aromatic nitrogens is 4. The number of nitrogens with one attached hydrogen (secondary N) is 1. The highest BCUT2D eigenvalue weighted by molar-refractivity contribution is 7.10. The molecule has 0 radical (unpaired) electrons. The molecule has 1 aliphatic rings. The third-order valence-electron chi connectivity index (χ3n) is 5.97. The van der Waals surface area contributed by atoms with Gasteiger partial charge >= 0.3 is 0 Å². The molecule has 7 heteroatoms. The molecule has 3 heterocycles. The smallest absolute Gasteiger partial charge is 0.215 e. The first-order valence-corrected chi connectivity index (χ1v) is 11.0. The zero-order valence-electron chi connectivity index (χ0n) is 17.1. The lowest BCUT2D eigenvalue weighted by Crippen LogP contribution is -3.13. The third-order valence-corrected chi connectivity index (χ3v) is 6.90. The lowest BCUT2D eigenvalue weighted by Gasteiger charge is -2.32. The minimum Gasteiger partial charge on any atom is -0.318 e. The molecule has 2 aromatic heterocycles. The van der Waals surface area contributed by atoms with Gasteiger partial charge in [0.25, 0.3) is 0 Å². The number of benzene rings is 1. The predicted molar refractivity (Wildman–Crippen MR) is 113 cm³/mol. The maximum atomic E-state index is 13.3. The van der Waals surface area contributed by atoms with E-state index in [1.807, 2.05) is 16.8 Å². The van der Waals surface area contributed by atoms with E-state index in [0.29, 0.717) is 0 Å². The predicted octanol–water partition coefficient (Wildman–Crippen LogP) is 3.48. The van der Waals surface area contributed by atoms with Gasteiger partial charge in [0.2, 0.25) is 5.82 Å². The molecule has 0 spiro atoms. The van der Waals surface area contributed by atoms with Crippen LogP contribution in [0.1, 0.15) is 55.9 Å². The Balaban J connectivity index is 1.65. The van der Waals surface area contributed by atoms with Gasteiger partial charge in [-0.2, -0.15) is 0 Å². The third kappa shape index (κ3) is 4.02. The van der Waals surface area contributed by atoms with Crippen molar-refractivity contribution in [1.82, 2.24) is 20.2 Å². The van der Waals surface area contributed by atoms with E-state index < -0.39 is 0 Å². The van der Waals surface area contributed by atoms with Crippen molar-refractivity contribution < 1.29 is 9.29 Å². The Morgan fingerprint density at radius 2 is 2.03 bits per heavy atom. The molecule has 1 N–H and O–H groups in total. The summed E-state index contributed by atoms with van der Waals surface area (Å²) in [5, 5.41) is 15.0. The van der Waals surface area contributed by atoms with Gasteiger partial charge in [0.15, 0.2) is 6.04 Å². The van der Waals surface area contributed by atoms with E-state index in [9.17, 15) is 4.39 Å². The average molecular weight is 413 g/mol. The fourth-order valence-corrected chi connectivity index (χ4v) is 4.74. The maximum Gasteiger partial charge on any atom is 0.215 e. The number of nitrogens with zero attached hydrogens (tertiary/aromatic N) is 4. The van der Waals surface area contributed by atoms with E-state index >= 15 is 0 Å². The SMILES string of the molecule is CCC(C)(C)n1nnnc1[C@H](c1cccs1)[NH+]1CC=C(c2ccc(F)cc2)CC1. The second kappa shape index (κ2) is 8.16. The number of tetrazole rings is 1. The standard InChI is InChI=1S/C22H26FN5S/c1-4-22(2,3)28-21(24-25-26-28)20(19-6-5-15-29-19)27-13-11-17(12-14-27)16-7-9-18(23)10-8-16/h5-11,15,20H,4,12-14H2,1-3H3/p+1/t20-/m0/s1. The summed E-state index contributed by atoms with van der Waals surface area (Å²) in [5.41, 5.74) is 2.25. The van der Waals surface area contributed by atoms with E-state index in [1.54, 1.807) is 11.3 Å². The van der Waals surface area contributed by atoms with Crippen molar-refractivity contribution in [2.24, 2.45) is 0 Å². The van der Waals surface area contributed by atoms with E-state index in [-0.39, 0.29) is 17.4 Å². The number of halogens is 1. The van der Waals surface area contributed by atoms with Crippen LogP contribution < -0.4 is 4.90 Å². The molecule has 4 rings (SSSR count). The Morgan fingerprint density at radius 3 is 2.66 bits per heavy atom. The Kier molecular flexibility index (Phi) is 5.61. The summed E-state index contributed by atoms with van der Waals surface area (Å²) >= 11 is 1.76. The highest BCUT2D eigenvalue weighted by atomic mass is 32.1. The summed E-state index contributed by atoms with van der Waals surface area (Å²) in [6, 6.07) is 11.2. The topological polar surface area (TPSA) is 48.0 Å². The van der Waals surface area contributed by atoms with Gasteiger partial charge in [-0.3, -0.25) is 0 Å². The fourth-order valence-electron chi connectivity index (χ4n) is 3.86. The molecule has 152 valence electrons. The van der Waals surface area contributed by atoms with Crippen LogP contribution in [0.15, 0.2) is 47.9 Å². The molecule has 1 unspecified atom stereocenters. The van der Waals surface area contributed by atoms with Crippen molar-refractivity contribution in [3.05, 3.63) is 69.9 Å². The Morgan fingerprint density at radius 1 is 1.24 bits per heavy atom. The molecule has 1 aromatic carbocycles. The summed E-state index contributed by atoms with van der Waals surface area (Å²) < 4.78 is 15.3. The van der Waals surface area contributed by atoms with Crippen LogP contribution in [0.4, 0.5) is 4.39 Å². The van der Waals surface area contributed by atoms with Crippen LogP contribution in [0.3, 0.4) is 0 Å². The van der Waals surface area contributed by atoms with Gasteiger partial charge in [0.1, 0.15) is 5.82 Å². The van der Waals surface area contributed by atoms with Crippen LogP contribution >= 0.6 is 11.3 Å². The van der Waals surface area contributed by atoms with Gasteiger partial charge < -0.3 is 4.90 Å². The highest BCUT2D eigenvalue weighted by Gasteiger charge is 2.36. The van der Waals surface area contributed by atoms with Gasteiger partial charge in [-0.1, -0.05) is 25.1 Å². The monoisotopic (exact) mass is 412 g/mol. The zero-order valence-corrected chi connectivity index (χ0v) is 17.9. The molecule has 5 nitrogen and oxygen atoms in total. The fraction of sp³-hybridized carbons (Fsp3) is 0.409. The maximum absolute atomic E-state index is 13.3. The Hall–Kier alpha value is -2.38. The van der Waals surface area contributed by atoms with Crippen LogP contribution in [-0.2, 0) is 5.54 Å². The first-order chi connectivity index (χ1) is 14.0. The van der Waals surface area contributed by atoms with Gasteiger partial charge in [0.05, 0.1) is 23.5 Å². The van der Waals surface area contributed by atoms with E-state index in [4.69, 9.17) is 0 Å². The first kappa shape index (κ1) is 19.9. The normalized spacial score (nSPS) is 18.5. The van der Waals surface area contributed by atoms with E-state index in [2.05, 4.69) is 59.9 Å². The van der Waals surface area contributed by atoms with Crippen molar-refractivity contribution in [3.63, 3.8) is 0 Å². The molecule has 0 aliphatic carbocycles. The van der Waals surface area contributed by atoms with Crippen molar-refractivity contribution in [3.8, 4) is 0 Å². The first-order valence-electron chi connectivity index (χ1n) is 10.1. The lowest BCUT2D eigenvalue weighted by atomic mass is 9.97. The van der Waals surface area contributed by atoms with Crippen LogP contribution in [-0.4, -0.2) is 33.3 Å². The second-order valence-electron chi connectivity index (χ2n) is 8.16.